The fourth-order valence-corrected chi connectivity index (χ4v) is 2.91. The van der Waals surface area contributed by atoms with E-state index >= 15 is 0 Å². The highest BCUT2D eigenvalue weighted by atomic mass is 19.1. The van der Waals surface area contributed by atoms with Crippen LogP contribution in [0.2, 0.25) is 0 Å². The lowest BCUT2D eigenvalue weighted by Gasteiger charge is -2.25. The van der Waals surface area contributed by atoms with Crippen molar-refractivity contribution in [2.24, 2.45) is 0 Å². The smallest absolute Gasteiger partial charge is 0.125 e. The minimum absolute atomic E-state index is 0.180. The van der Waals surface area contributed by atoms with Crippen LogP contribution in [-0.4, -0.2) is 13.1 Å². The summed E-state index contributed by atoms with van der Waals surface area (Å²) >= 11 is 0. The first kappa shape index (κ1) is 14.1. The third-order valence-electron chi connectivity index (χ3n) is 4.09. The Hall–Kier alpha value is -1.87. The molecule has 21 heavy (non-hydrogen) atoms. The van der Waals surface area contributed by atoms with Crippen molar-refractivity contribution in [3.8, 4) is 0 Å². The predicted molar refractivity (Wildman–Crippen MR) is 85.0 cm³/mol. The van der Waals surface area contributed by atoms with Crippen LogP contribution in [-0.2, 0) is 19.5 Å². The van der Waals surface area contributed by atoms with E-state index in [1.54, 1.807) is 12.1 Å². The number of anilines is 1. The molecular formula is C18H21FN2. The Kier molecular flexibility index (Phi) is 4.20. The first-order valence-corrected chi connectivity index (χ1v) is 7.58. The van der Waals surface area contributed by atoms with Crippen molar-refractivity contribution in [2.75, 3.05) is 18.0 Å². The molecular weight excluding hydrogens is 263 g/mol. The van der Waals surface area contributed by atoms with Gasteiger partial charge in [-0.25, -0.2) is 4.39 Å². The van der Waals surface area contributed by atoms with Gasteiger partial charge in [0.2, 0.25) is 0 Å². The lowest BCUT2D eigenvalue weighted by molar-refractivity contribution is 0.626. The Morgan fingerprint density at radius 1 is 1.14 bits per heavy atom. The van der Waals surface area contributed by atoms with E-state index in [9.17, 15) is 4.39 Å². The van der Waals surface area contributed by atoms with Crippen LogP contribution in [0, 0.1) is 5.82 Å². The van der Waals surface area contributed by atoms with Crippen molar-refractivity contribution >= 4 is 5.69 Å². The maximum Gasteiger partial charge on any atom is 0.125 e. The number of halogens is 1. The molecule has 0 fully saturated rings. The molecule has 1 N–H and O–H groups in total. The second kappa shape index (κ2) is 6.27. The van der Waals surface area contributed by atoms with E-state index in [2.05, 4.69) is 35.3 Å². The molecule has 0 radical (unpaired) electrons. The molecule has 0 amide bonds. The Bertz CT molecular complexity index is 624. The van der Waals surface area contributed by atoms with Gasteiger partial charge in [0.05, 0.1) is 0 Å². The van der Waals surface area contributed by atoms with Gasteiger partial charge in [-0.15, -0.1) is 0 Å². The highest BCUT2D eigenvalue weighted by Crippen LogP contribution is 2.21. The van der Waals surface area contributed by atoms with Gasteiger partial charge >= 0.3 is 0 Å². The van der Waals surface area contributed by atoms with Crippen molar-refractivity contribution < 1.29 is 4.39 Å². The van der Waals surface area contributed by atoms with Crippen molar-refractivity contribution in [1.82, 2.24) is 5.32 Å². The largest absolute Gasteiger partial charge is 0.367 e. The fraction of sp³-hybridized carbons (Fsp3) is 0.333. The van der Waals surface area contributed by atoms with Crippen LogP contribution in [0.15, 0.2) is 42.5 Å². The van der Waals surface area contributed by atoms with E-state index < -0.39 is 0 Å². The minimum atomic E-state index is -0.180. The molecule has 1 heterocycles. The highest BCUT2D eigenvalue weighted by molar-refractivity contribution is 5.47. The molecule has 2 aromatic rings. The van der Waals surface area contributed by atoms with Crippen LogP contribution in [0.4, 0.5) is 10.1 Å². The highest BCUT2D eigenvalue weighted by Gasteiger charge is 2.11. The summed E-state index contributed by atoms with van der Waals surface area (Å²) in [5.74, 6) is -0.180. The maximum absolute atomic E-state index is 13.4. The molecule has 3 rings (SSSR count). The summed E-state index contributed by atoms with van der Waals surface area (Å²) < 4.78 is 13.4. The van der Waals surface area contributed by atoms with Crippen LogP contribution in [0.3, 0.4) is 0 Å². The van der Waals surface area contributed by atoms with Gasteiger partial charge in [0.15, 0.2) is 0 Å². The number of fused-ring (bicyclic) bond motifs is 1. The molecule has 1 aliphatic heterocycles. The van der Waals surface area contributed by atoms with E-state index in [4.69, 9.17) is 0 Å². The summed E-state index contributed by atoms with van der Waals surface area (Å²) in [4.78, 5) is 2.20. The molecule has 3 heteroatoms. The van der Waals surface area contributed by atoms with Crippen LogP contribution in [0.25, 0.3) is 0 Å². The SMILES string of the molecule is CCN(Cc1ccc2c(c1)CNCC2)c1cccc(F)c1. The second-order valence-corrected chi connectivity index (χ2v) is 5.52. The number of nitrogens with one attached hydrogen (secondary N) is 1. The van der Waals surface area contributed by atoms with E-state index in [1.165, 1.54) is 22.8 Å². The van der Waals surface area contributed by atoms with E-state index in [-0.39, 0.29) is 5.82 Å². The van der Waals surface area contributed by atoms with E-state index in [0.29, 0.717) is 0 Å². The first-order valence-electron chi connectivity index (χ1n) is 7.58. The monoisotopic (exact) mass is 284 g/mol. The number of hydrogen-bond donors (Lipinski definition) is 1. The zero-order valence-electron chi connectivity index (χ0n) is 12.4. The molecule has 0 spiro atoms. The Balaban J connectivity index is 1.81. The Morgan fingerprint density at radius 2 is 2.05 bits per heavy atom. The van der Waals surface area contributed by atoms with Gasteiger partial charge in [-0.05, 0) is 54.8 Å². The molecule has 2 nitrogen and oxygen atoms in total. The number of rotatable bonds is 4. The number of benzene rings is 2. The average molecular weight is 284 g/mol. The predicted octanol–water partition coefficient (Wildman–Crippen LogP) is 3.50. The molecule has 2 aromatic carbocycles. The molecule has 0 aromatic heterocycles. The fourth-order valence-electron chi connectivity index (χ4n) is 2.91. The van der Waals surface area contributed by atoms with E-state index in [0.717, 1.165) is 38.3 Å². The minimum Gasteiger partial charge on any atom is -0.367 e. The van der Waals surface area contributed by atoms with Gasteiger partial charge in [-0.2, -0.15) is 0 Å². The average Bonchev–Trinajstić information content (AvgIpc) is 2.52. The molecule has 0 atom stereocenters. The third-order valence-corrected chi connectivity index (χ3v) is 4.09. The third kappa shape index (κ3) is 3.24. The van der Waals surface area contributed by atoms with Gasteiger partial charge < -0.3 is 10.2 Å². The summed E-state index contributed by atoms with van der Waals surface area (Å²) in [5.41, 5.74) is 5.07. The molecule has 110 valence electrons. The lowest BCUT2D eigenvalue weighted by Crippen LogP contribution is -2.25. The summed E-state index contributed by atoms with van der Waals surface area (Å²) in [7, 11) is 0. The zero-order chi connectivity index (χ0) is 14.7. The lowest BCUT2D eigenvalue weighted by atomic mass is 9.98. The van der Waals surface area contributed by atoms with Crippen molar-refractivity contribution in [2.45, 2.75) is 26.4 Å². The summed E-state index contributed by atoms with van der Waals surface area (Å²) in [6.07, 6.45) is 1.11. The molecule has 1 aliphatic rings. The molecule has 0 bridgehead atoms. The van der Waals surface area contributed by atoms with Crippen LogP contribution in [0.5, 0.6) is 0 Å². The molecule has 0 unspecified atom stereocenters. The van der Waals surface area contributed by atoms with Crippen LogP contribution in [0.1, 0.15) is 23.6 Å². The number of nitrogens with zero attached hydrogens (tertiary/aromatic N) is 1. The summed E-state index contributed by atoms with van der Waals surface area (Å²) in [6.45, 7) is 5.79. The van der Waals surface area contributed by atoms with Crippen LogP contribution >= 0.6 is 0 Å². The second-order valence-electron chi connectivity index (χ2n) is 5.52. The Labute approximate surface area is 125 Å². The standard InChI is InChI=1S/C18H21FN2/c1-2-21(18-5-3-4-17(19)11-18)13-14-6-7-15-8-9-20-12-16(15)10-14/h3-7,10-11,20H,2,8-9,12-13H2,1H3. The van der Waals surface area contributed by atoms with Crippen molar-refractivity contribution in [3.05, 3.63) is 65.0 Å². The normalized spacial score (nSPS) is 13.8. The maximum atomic E-state index is 13.4. The molecule has 0 aliphatic carbocycles. The van der Waals surface area contributed by atoms with Crippen molar-refractivity contribution in [3.63, 3.8) is 0 Å². The van der Waals surface area contributed by atoms with Gasteiger partial charge in [0.25, 0.3) is 0 Å². The van der Waals surface area contributed by atoms with Gasteiger partial charge in [0, 0.05) is 25.3 Å². The van der Waals surface area contributed by atoms with Crippen molar-refractivity contribution in [1.29, 1.82) is 0 Å². The molecule has 0 saturated carbocycles. The van der Waals surface area contributed by atoms with Gasteiger partial charge in [0.1, 0.15) is 5.82 Å². The summed E-state index contributed by atoms with van der Waals surface area (Å²) in [6, 6.07) is 13.5. The quantitative estimate of drug-likeness (QED) is 0.924. The topological polar surface area (TPSA) is 15.3 Å². The van der Waals surface area contributed by atoms with E-state index in [1.807, 2.05) is 6.07 Å². The van der Waals surface area contributed by atoms with Gasteiger partial charge in [-0.1, -0.05) is 24.3 Å². The Morgan fingerprint density at radius 3 is 2.86 bits per heavy atom. The number of hydrogen-bond acceptors (Lipinski definition) is 2. The summed E-state index contributed by atoms with van der Waals surface area (Å²) in [5, 5.41) is 3.41. The van der Waals surface area contributed by atoms with Crippen LogP contribution < -0.4 is 10.2 Å². The van der Waals surface area contributed by atoms with Gasteiger partial charge in [-0.3, -0.25) is 0 Å². The first-order chi connectivity index (χ1) is 10.3. The molecule has 0 saturated heterocycles. The zero-order valence-corrected chi connectivity index (χ0v) is 12.4.